The lowest BCUT2D eigenvalue weighted by atomic mass is 10.0. The molecule has 2 aromatic rings. The minimum Gasteiger partial charge on any atom is -0.497 e. The Kier molecular flexibility index (Phi) is 6.34. The maximum Gasteiger partial charge on any atom is 0.249 e. The summed E-state index contributed by atoms with van der Waals surface area (Å²) >= 11 is 0. The molecule has 1 N–H and O–H groups in total. The van der Waals surface area contributed by atoms with Gasteiger partial charge < -0.3 is 15.0 Å². The molecule has 28 heavy (non-hydrogen) atoms. The Labute approximate surface area is 166 Å². The number of methoxy groups -OCH3 is 1. The van der Waals surface area contributed by atoms with E-state index in [1.807, 2.05) is 47.4 Å². The van der Waals surface area contributed by atoms with Gasteiger partial charge in [0.1, 0.15) is 11.8 Å². The molecule has 1 atom stereocenters. The predicted octanol–water partition coefficient (Wildman–Crippen LogP) is 3.36. The van der Waals surface area contributed by atoms with Crippen LogP contribution >= 0.6 is 0 Å². The van der Waals surface area contributed by atoms with Crippen LogP contribution in [0, 0.1) is 5.92 Å². The van der Waals surface area contributed by atoms with E-state index in [4.69, 9.17) is 4.74 Å². The molecule has 0 radical (unpaired) electrons. The van der Waals surface area contributed by atoms with Gasteiger partial charge in [0.2, 0.25) is 11.8 Å². The van der Waals surface area contributed by atoms with E-state index in [2.05, 4.69) is 25.2 Å². The van der Waals surface area contributed by atoms with Crippen LogP contribution in [-0.4, -0.2) is 31.5 Å². The number of hydrogen-bond donors (Lipinski definition) is 1. The van der Waals surface area contributed by atoms with Crippen molar-refractivity contribution < 1.29 is 14.3 Å². The third-order valence-electron chi connectivity index (χ3n) is 5.02. The molecule has 0 unspecified atom stereocenters. The Morgan fingerprint density at radius 1 is 1.11 bits per heavy atom. The number of amides is 2. The fraction of sp³-hybridized carbons (Fsp3) is 0.391. The molecule has 0 spiro atoms. The van der Waals surface area contributed by atoms with Crippen molar-refractivity contribution in [3.8, 4) is 5.75 Å². The van der Waals surface area contributed by atoms with E-state index < -0.39 is 6.04 Å². The predicted molar refractivity (Wildman–Crippen MR) is 111 cm³/mol. The zero-order valence-electron chi connectivity index (χ0n) is 16.8. The minimum atomic E-state index is -0.517. The van der Waals surface area contributed by atoms with Gasteiger partial charge in [0.15, 0.2) is 0 Å². The number of benzene rings is 2. The molecule has 1 aliphatic rings. The fourth-order valence-electron chi connectivity index (χ4n) is 3.62. The fourth-order valence-corrected chi connectivity index (χ4v) is 3.62. The van der Waals surface area contributed by atoms with E-state index >= 15 is 0 Å². The number of rotatable bonds is 7. The third kappa shape index (κ3) is 4.71. The minimum absolute atomic E-state index is 0.0262. The molecule has 5 heteroatoms. The molecule has 0 aliphatic carbocycles. The first-order chi connectivity index (χ1) is 13.5. The highest BCUT2D eigenvalue weighted by atomic mass is 16.5. The first-order valence-corrected chi connectivity index (χ1v) is 9.79. The van der Waals surface area contributed by atoms with Crippen molar-refractivity contribution in [1.29, 1.82) is 0 Å². The Hall–Kier alpha value is -2.82. The summed E-state index contributed by atoms with van der Waals surface area (Å²) in [6, 6.07) is 14.9. The van der Waals surface area contributed by atoms with E-state index in [9.17, 15) is 9.59 Å². The summed E-state index contributed by atoms with van der Waals surface area (Å²) in [5.74, 6) is 0.885. The molecule has 5 nitrogen and oxygen atoms in total. The summed E-state index contributed by atoms with van der Waals surface area (Å²) in [5, 5.41) is 2.97. The summed E-state index contributed by atoms with van der Waals surface area (Å²) in [7, 11) is 1.61. The number of carbonyl (C=O) groups is 2. The van der Waals surface area contributed by atoms with Crippen LogP contribution in [0.4, 0.5) is 5.69 Å². The Bertz CT molecular complexity index is 830. The van der Waals surface area contributed by atoms with Gasteiger partial charge >= 0.3 is 0 Å². The van der Waals surface area contributed by atoms with Crippen molar-refractivity contribution >= 4 is 17.5 Å². The van der Waals surface area contributed by atoms with Gasteiger partial charge in [-0.3, -0.25) is 9.59 Å². The van der Waals surface area contributed by atoms with Crippen LogP contribution in [0.5, 0.6) is 5.75 Å². The lowest BCUT2D eigenvalue weighted by molar-refractivity contribution is -0.127. The first kappa shape index (κ1) is 19.9. The molecule has 3 rings (SSSR count). The number of carbonyl (C=O) groups excluding carboxylic acids is 2. The van der Waals surface area contributed by atoms with Gasteiger partial charge in [-0.1, -0.05) is 44.2 Å². The zero-order valence-corrected chi connectivity index (χ0v) is 16.8. The van der Waals surface area contributed by atoms with Crippen molar-refractivity contribution in [3.05, 3.63) is 59.7 Å². The Balaban J connectivity index is 1.69. The van der Waals surface area contributed by atoms with Crippen LogP contribution < -0.4 is 15.0 Å². The molecule has 0 bridgehead atoms. The van der Waals surface area contributed by atoms with Crippen molar-refractivity contribution in [2.24, 2.45) is 5.92 Å². The standard InChI is InChI=1S/C23H28N2O3/c1-16(2)14-20(23(27)25-13-12-18-6-4-5-7-21(18)25)24-22(26)15-17-8-10-19(28-3)11-9-17/h4-11,16,20H,12-15H2,1-3H3,(H,24,26)/t20-/m1/s1. The van der Waals surface area contributed by atoms with E-state index in [-0.39, 0.29) is 18.2 Å². The number of para-hydroxylation sites is 1. The van der Waals surface area contributed by atoms with Crippen molar-refractivity contribution in [2.75, 3.05) is 18.6 Å². The molecule has 1 aliphatic heterocycles. The first-order valence-electron chi connectivity index (χ1n) is 9.79. The normalized spacial score (nSPS) is 13.9. The number of fused-ring (bicyclic) bond motifs is 1. The maximum absolute atomic E-state index is 13.2. The summed E-state index contributed by atoms with van der Waals surface area (Å²) in [4.78, 5) is 27.6. The van der Waals surface area contributed by atoms with E-state index in [1.165, 1.54) is 5.56 Å². The average molecular weight is 380 g/mol. The molecular weight excluding hydrogens is 352 g/mol. The number of anilines is 1. The molecule has 0 aromatic heterocycles. The smallest absolute Gasteiger partial charge is 0.249 e. The average Bonchev–Trinajstić information content (AvgIpc) is 3.11. The van der Waals surface area contributed by atoms with Gasteiger partial charge in [-0.05, 0) is 48.1 Å². The highest BCUT2D eigenvalue weighted by molar-refractivity contribution is 6.00. The topological polar surface area (TPSA) is 58.6 Å². The molecule has 0 saturated carbocycles. The molecular formula is C23H28N2O3. The molecule has 2 aromatic carbocycles. The summed E-state index contributed by atoms with van der Waals surface area (Å²) in [6.45, 7) is 4.79. The lowest BCUT2D eigenvalue weighted by Crippen LogP contribution is -2.49. The van der Waals surface area contributed by atoms with E-state index in [0.717, 1.165) is 23.4 Å². The van der Waals surface area contributed by atoms with Gasteiger partial charge in [-0.2, -0.15) is 0 Å². The van der Waals surface area contributed by atoms with Crippen LogP contribution in [0.1, 0.15) is 31.4 Å². The second-order valence-electron chi connectivity index (χ2n) is 7.64. The van der Waals surface area contributed by atoms with Gasteiger partial charge in [0.05, 0.1) is 13.5 Å². The van der Waals surface area contributed by atoms with Gasteiger partial charge in [0.25, 0.3) is 0 Å². The third-order valence-corrected chi connectivity index (χ3v) is 5.02. The van der Waals surface area contributed by atoms with Gasteiger partial charge in [-0.25, -0.2) is 0 Å². The summed E-state index contributed by atoms with van der Waals surface area (Å²) in [5.41, 5.74) is 3.04. The Morgan fingerprint density at radius 3 is 2.50 bits per heavy atom. The largest absolute Gasteiger partial charge is 0.497 e. The number of nitrogens with zero attached hydrogens (tertiary/aromatic N) is 1. The van der Waals surface area contributed by atoms with Gasteiger partial charge in [0, 0.05) is 12.2 Å². The van der Waals surface area contributed by atoms with Crippen LogP contribution in [-0.2, 0) is 22.4 Å². The highest BCUT2D eigenvalue weighted by Gasteiger charge is 2.31. The van der Waals surface area contributed by atoms with Gasteiger partial charge in [-0.15, -0.1) is 0 Å². The van der Waals surface area contributed by atoms with E-state index in [0.29, 0.717) is 18.9 Å². The van der Waals surface area contributed by atoms with Crippen LogP contribution in [0.2, 0.25) is 0 Å². The molecule has 148 valence electrons. The van der Waals surface area contributed by atoms with Crippen molar-refractivity contribution in [1.82, 2.24) is 5.32 Å². The molecule has 0 saturated heterocycles. The molecule has 1 heterocycles. The Morgan fingerprint density at radius 2 is 1.82 bits per heavy atom. The molecule has 0 fully saturated rings. The highest BCUT2D eigenvalue weighted by Crippen LogP contribution is 2.28. The molecule has 2 amide bonds. The van der Waals surface area contributed by atoms with Crippen LogP contribution in [0.25, 0.3) is 0 Å². The summed E-state index contributed by atoms with van der Waals surface area (Å²) in [6.07, 6.45) is 1.71. The SMILES string of the molecule is COc1ccc(CC(=O)N[C@H](CC(C)C)C(=O)N2CCc3ccccc32)cc1. The quantitative estimate of drug-likeness (QED) is 0.801. The van der Waals surface area contributed by atoms with Crippen LogP contribution in [0.3, 0.4) is 0 Å². The number of hydrogen-bond acceptors (Lipinski definition) is 3. The van der Waals surface area contributed by atoms with Crippen molar-refractivity contribution in [2.45, 2.75) is 39.2 Å². The number of nitrogens with one attached hydrogen (secondary N) is 1. The second kappa shape index (κ2) is 8.91. The number of ether oxygens (including phenoxy) is 1. The maximum atomic E-state index is 13.2. The van der Waals surface area contributed by atoms with Crippen LogP contribution in [0.15, 0.2) is 48.5 Å². The summed E-state index contributed by atoms with van der Waals surface area (Å²) < 4.78 is 5.15. The van der Waals surface area contributed by atoms with E-state index in [1.54, 1.807) is 7.11 Å². The lowest BCUT2D eigenvalue weighted by Gasteiger charge is -2.26. The van der Waals surface area contributed by atoms with Crippen molar-refractivity contribution in [3.63, 3.8) is 0 Å². The zero-order chi connectivity index (χ0) is 20.1. The monoisotopic (exact) mass is 380 g/mol. The second-order valence-corrected chi connectivity index (χ2v) is 7.64.